The molecular weight excluding hydrogens is 316 g/mol. The van der Waals surface area contributed by atoms with Crippen LogP contribution in [-0.2, 0) is 4.79 Å². The molecule has 4 nitrogen and oxygen atoms in total. The molecule has 4 heteroatoms. The highest BCUT2D eigenvalue weighted by Crippen LogP contribution is 2.14. The summed E-state index contributed by atoms with van der Waals surface area (Å²) in [4.78, 5) is 11.6. The van der Waals surface area contributed by atoms with Crippen molar-refractivity contribution >= 4 is 5.78 Å². The van der Waals surface area contributed by atoms with Crippen LogP contribution in [0.15, 0.2) is 0 Å². The van der Waals surface area contributed by atoms with E-state index in [4.69, 9.17) is 5.11 Å². The first-order chi connectivity index (χ1) is 12.0. The van der Waals surface area contributed by atoms with Crippen molar-refractivity contribution in [1.29, 1.82) is 0 Å². The van der Waals surface area contributed by atoms with E-state index in [2.05, 4.69) is 13.8 Å². The van der Waals surface area contributed by atoms with Crippen LogP contribution in [0, 0.1) is 5.92 Å². The van der Waals surface area contributed by atoms with Gasteiger partial charge in [0.25, 0.3) is 0 Å². The lowest BCUT2D eigenvalue weighted by Crippen LogP contribution is -2.36. The lowest BCUT2D eigenvalue weighted by Gasteiger charge is -2.13. The molecule has 0 radical (unpaired) electrons. The highest BCUT2D eigenvalue weighted by atomic mass is 16.4. The number of unbranched alkanes of at least 4 members (excludes halogenated alkanes) is 11. The van der Waals surface area contributed by atoms with Gasteiger partial charge < -0.3 is 15.3 Å². The molecule has 0 bridgehead atoms. The van der Waals surface area contributed by atoms with Gasteiger partial charge in [-0.25, -0.2) is 0 Å². The van der Waals surface area contributed by atoms with Gasteiger partial charge in [0.2, 0.25) is 0 Å². The van der Waals surface area contributed by atoms with Crippen molar-refractivity contribution in [3.05, 3.63) is 0 Å². The second-order valence-electron chi connectivity index (χ2n) is 7.84. The van der Waals surface area contributed by atoms with Gasteiger partial charge in [0.05, 0.1) is 6.61 Å². The maximum Gasteiger partial charge on any atom is 0.164 e. The van der Waals surface area contributed by atoms with E-state index in [0.29, 0.717) is 0 Å². The molecule has 0 spiro atoms. The van der Waals surface area contributed by atoms with Gasteiger partial charge in [0.15, 0.2) is 5.78 Å². The van der Waals surface area contributed by atoms with E-state index in [1.54, 1.807) is 0 Å². The molecule has 0 aromatic rings. The summed E-state index contributed by atoms with van der Waals surface area (Å²) in [5.74, 6) is 0.477. The maximum atomic E-state index is 11.6. The molecule has 25 heavy (non-hydrogen) atoms. The molecule has 0 saturated heterocycles. The van der Waals surface area contributed by atoms with Gasteiger partial charge in [-0.1, -0.05) is 90.9 Å². The van der Waals surface area contributed by atoms with E-state index in [0.717, 1.165) is 25.2 Å². The third kappa shape index (κ3) is 15.5. The molecule has 0 aliphatic carbocycles. The topological polar surface area (TPSA) is 77.8 Å². The molecule has 0 aromatic carbocycles. The molecule has 2 atom stereocenters. The zero-order chi connectivity index (χ0) is 18.9. The number of carbonyl (C=O) groups excluding carboxylic acids is 1. The summed E-state index contributed by atoms with van der Waals surface area (Å²) in [6.45, 7) is 4.01. The van der Waals surface area contributed by atoms with Crippen LogP contribution in [0.5, 0.6) is 0 Å². The summed E-state index contributed by atoms with van der Waals surface area (Å²) in [6, 6.07) is 0. The van der Waals surface area contributed by atoms with Crippen molar-refractivity contribution < 1.29 is 20.1 Å². The fourth-order valence-corrected chi connectivity index (χ4v) is 3.08. The third-order valence-electron chi connectivity index (χ3n) is 4.84. The number of aliphatic hydroxyl groups is 3. The smallest absolute Gasteiger partial charge is 0.164 e. The van der Waals surface area contributed by atoms with E-state index in [1.165, 1.54) is 64.2 Å². The van der Waals surface area contributed by atoms with Gasteiger partial charge >= 0.3 is 0 Å². The van der Waals surface area contributed by atoms with Crippen LogP contribution >= 0.6 is 0 Å². The van der Waals surface area contributed by atoms with E-state index < -0.39 is 18.8 Å². The van der Waals surface area contributed by atoms with Gasteiger partial charge in [-0.15, -0.1) is 0 Å². The molecule has 0 amide bonds. The minimum atomic E-state index is -1.43. The number of rotatable bonds is 18. The second kappa shape index (κ2) is 17.0. The average molecular weight is 359 g/mol. The van der Waals surface area contributed by atoms with Crippen molar-refractivity contribution in [2.75, 3.05) is 6.61 Å². The molecule has 0 rings (SSSR count). The van der Waals surface area contributed by atoms with Crippen LogP contribution in [0.4, 0.5) is 0 Å². The molecule has 0 aromatic heterocycles. The molecular formula is C21H42O4. The Hall–Kier alpha value is -0.450. The predicted octanol–water partition coefficient (Wildman–Crippen LogP) is 4.39. The van der Waals surface area contributed by atoms with Crippen LogP contribution < -0.4 is 0 Å². The Kier molecular flexibility index (Phi) is 16.7. The quantitative estimate of drug-likeness (QED) is 0.318. The standard InChI is InChI=1S/C21H42O4/c1-18(2)15-13-11-9-7-5-3-4-6-8-10-12-14-16-19(23)21(25)20(24)17-22/h18,20-22,24-25H,3-17H2,1-2H3. The van der Waals surface area contributed by atoms with Gasteiger partial charge in [-0.2, -0.15) is 0 Å². The molecule has 0 aliphatic heterocycles. The molecule has 0 heterocycles. The van der Waals surface area contributed by atoms with E-state index in [1.807, 2.05) is 0 Å². The van der Waals surface area contributed by atoms with Gasteiger partial charge in [-0.3, -0.25) is 4.79 Å². The Morgan fingerprint density at radius 1 is 0.720 bits per heavy atom. The number of hydrogen-bond donors (Lipinski definition) is 3. The van der Waals surface area contributed by atoms with Crippen molar-refractivity contribution in [2.45, 2.75) is 116 Å². The first-order valence-electron chi connectivity index (χ1n) is 10.5. The van der Waals surface area contributed by atoms with Crippen molar-refractivity contribution in [3.63, 3.8) is 0 Å². The van der Waals surface area contributed by atoms with Gasteiger partial charge in [0.1, 0.15) is 12.2 Å². The number of hydrogen-bond acceptors (Lipinski definition) is 4. The molecule has 2 unspecified atom stereocenters. The molecule has 0 saturated carbocycles. The van der Waals surface area contributed by atoms with Crippen LogP contribution in [0.1, 0.15) is 104 Å². The fourth-order valence-electron chi connectivity index (χ4n) is 3.08. The zero-order valence-corrected chi connectivity index (χ0v) is 16.6. The first-order valence-corrected chi connectivity index (χ1v) is 10.5. The summed E-state index contributed by atoms with van der Waals surface area (Å²) in [5, 5.41) is 27.3. The van der Waals surface area contributed by atoms with Crippen LogP contribution in [0.2, 0.25) is 0 Å². The molecule has 150 valence electrons. The molecule has 0 aliphatic rings. The minimum absolute atomic E-state index is 0.287. The van der Waals surface area contributed by atoms with Crippen molar-refractivity contribution in [3.8, 4) is 0 Å². The summed E-state index contributed by atoms with van der Waals surface area (Å²) in [6.07, 6.45) is 13.8. The Bertz CT molecular complexity index is 304. The Balaban J connectivity index is 3.25. The van der Waals surface area contributed by atoms with Crippen molar-refractivity contribution in [1.82, 2.24) is 0 Å². The number of ketones is 1. The van der Waals surface area contributed by atoms with E-state index in [-0.39, 0.29) is 12.2 Å². The molecule has 3 N–H and O–H groups in total. The summed E-state index contributed by atoms with van der Waals surface area (Å²) < 4.78 is 0. The number of Topliss-reactive ketones (excluding diaryl/α,β-unsaturated/α-hetero) is 1. The SMILES string of the molecule is CC(C)CCCCCCCCCCCCCCC(=O)C(O)C(O)CO. The monoisotopic (exact) mass is 358 g/mol. The highest BCUT2D eigenvalue weighted by molar-refractivity contribution is 5.83. The summed E-state index contributed by atoms with van der Waals surface area (Å²) >= 11 is 0. The Morgan fingerprint density at radius 2 is 1.12 bits per heavy atom. The van der Waals surface area contributed by atoms with Crippen LogP contribution in [0.3, 0.4) is 0 Å². The van der Waals surface area contributed by atoms with E-state index >= 15 is 0 Å². The Morgan fingerprint density at radius 3 is 1.52 bits per heavy atom. The van der Waals surface area contributed by atoms with Gasteiger partial charge in [-0.05, 0) is 12.3 Å². The predicted molar refractivity (Wildman–Crippen MR) is 104 cm³/mol. The minimum Gasteiger partial charge on any atom is -0.394 e. The maximum absolute atomic E-state index is 11.6. The number of carbonyl (C=O) groups is 1. The van der Waals surface area contributed by atoms with Crippen LogP contribution in [-0.4, -0.2) is 39.9 Å². The van der Waals surface area contributed by atoms with E-state index in [9.17, 15) is 15.0 Å². The third-order valence-corrected chi connectivity index (χ3v) is 4.84. The first kappa shape index (κ1) is 24.6. The average Bonchev–Trinajstić information content (AvgIpc) is 2.60. The summed E-state index contributed by atoms with van der Waals surface area (Å²) in [7, 11) is 0. The molecule has 0 fully saturated rings. The van der Waals surface area contributed by atoms with Crippen molar-refractivity contribution in [2.24, 2.45) is 5.92 Å². The second-order valence-corrected chi connectivity index (χ2v) is 7.84. The van der Waals surface area contributed by atoms with Crippen LogP contribution in [0.25, 0.3) is 0 Å². The lowest BCUT2D eigenvalue weighted by atomic mass is 10.0. The van der Waals surface area contributed by atoms with Gasteiger partial charge in [0, 0.05) is 6.42 Å². The largest absolute Gasteiger partial charge is 0.394 e. The fraction of sp³-hybridized carbons (Fsp3) is 0.952. The normalized spacial score (nSPS) is 14.0. The lowest BCUT2D eigenvalue weighted by molar-refractivity contribution is -0.134. The number of aliphatic hydroxyl groups excluding tert-OH is 3. The Labute approximate surface area is 155 Å². The zero-order valence-electron chi connectivity index (χ0n) is 16.6. The summed E-state index contributed by atoms with van der Waals surface area (Å²) in [5.41, 5.74) is 0. The highest BCUT2D eigenvalue weighted by Gasteiger charge is 2.22.